The third-order valence-electron chi connectivity index (χ3n) is 6.66. The molecule has 0 aromatic heterocycles. The largest absolute Gasteiger partial charge is 0.496 e. The van der Waals surface area contributed by atoms with Crippen molar-refractivity contribution in [2.24, 2.45) is 0 Å². The first kappa shape index (κ1) is 23.5. The topological polar surface area (TPSA) is 68.3 Å². The number of para-hydroxylation sites is 1. The molecule has 1 saturated heterocycles. The minimum absolute atomic E-state index is 0.144. The number of nitrogens with zero attached hydrogens (tertiary/aromatic N) is 2. The Morgan fingerprint density at radius 1 is 0.971 bits per heavy atom. The minimum atomic E-state index is -3.78. The molecule has 0 aliphatic carbocycles. The first-order chi connectivity index (χ1) is 17.0. The van der Waals surface area contributed by atoms with E-state index >= 15 is 0 Å². The van der Waals surface area contributed by atoms with Crippen LogP contribution in [0.4, 0.5) is 5.69 Å². The zero-order valence-corrected chi connectivity index (χ0v) is 20.8. The van der Waals surface area contributed by atoms with Crippen LogP contribution in [0, 0.1) is 6.92 Å². The van der Waals surface area contributed by atoms with Gasteiger partial charge < -0.3 is 14.2 Å². The van der Waals surface area contributed by atoms with Gasteiger partial charge in [0, 0.05) is 37.3 Å². The summed E-state index contributed by atoms with van der Waals surface area (Å²) in [6.45, 7) is 4.43. The van der Waals surface area contributed by atoms with Gasteiger partial charge in [-0.25, -0.2) is 8.42 Å². The van der Waals surface area contributed by atoms with Gasteiger partial charge >= 0.3 is 0 Å². The average molecular weight is 495 g/mol. The van der Waals surface area contributed by atoms with Crippen molar-refractivity contribution >= 4 is 15.7 Å². The lowest BCUT2D eigenvalue weighted by molar-refractivity contribution is 0.174. The van der Waals surface area contributed by atoms with Crippen molar-refractivity contribution < 1.29 is 22.6 Å². The molecule has 0 unspecified atom stereocenters. The summed E-state index contributed by atoms with van der Waals surface area (Å²) in [5, 5.41) is 0. The van der Waals surface area contributed by atoms with Gasteiger partial charge in [-0.2, -0.15) is 0 Å². The highest BCUT2D eigenvalue weighted by molar-refractivity contribution is 7.92. The van der Waals surface area contributed by atoms with Crippen molar-refractivity contribution in [2.75, 3.05) is 31.3 Å². The van der Waals surface area contributed by atoms with Gasteiger partial charge in [0.15, 0.2) is 11.5 Å². The zero-order valence-electron chi connectivity index (χ0n) is 20.0. The first-order valence-corrected chi connectivity index (χ1v) is 13.2. The fraction of sp³-hybridized carbons (Fsp3) is 0.333. The molecule has 0 radical (unpaired) electrons. The Morgan fingerprint density at radius 3 is 2.43 bits per heavy atom. The molecule has 0 saturated carbocycles. The van der Waals surface area contributed by atoms with Crippen LogP contribution in [0.2, 0.25) is 0 Å². The summed E-state index contributed by atoms with van der Waals surface area (Å²) in [6, 6.07) is 20.2. The van der Waals surface area contributed by atoms with Crippen molar-refractivity contribution in [3.63, 3.8) is 0 Å². The van der Waals surface area contributed by atoms with Gasteiger partial charge in [0.25, 0.3) is 10.0 Å². The maximum atomic E-state index is 13.9. The second-order valence-corrected chi connectivity index (χ2v) is 10.8. The molecule has 0 spiro atoms. The van der Waals surface area contributed by atoms with Crippen LogP contribution < -0.4 is 18.5 Å². The number of sulfonamides is 1. The Bertz CT molecular complexity index is 1290. The number of rotatable bonds is 7. The maximum Gasteiger partial charge on any atom is 0.264 e. The van der Waals surface area contributed by atoms with Gasteiger partial charge in [-0.05, 0) is 50.1 Å². The molecule has 5 rings (SSSR count). The number of fused-ring (bicyclic) bond motifs is 1. The predicted molar refractivity (Wildman–Crippen MR) is 135 cm³/mol. The van der Waals surface area contributed by atoms with Gasteiger partial charge in [0.05, 0.1) is 17.7 Å². The van der Waals surface area contributed by atoms with E-state index in [1.807, 2.05) is 37.3 Å². The molecular formula is C27H30N2O5S. The van der Waals surface area contributed by atoms with Gasteiger partial charge in [0.2, 0.25) is 6.79 Å². The van der Waals surface area contributed by atoms with E-state index in [1.165, 1.54) is 0 Å². The van der Waals surface area contributed by atoms with Crippen LogP contribution >= 0.6 is 0 Å². The number of hydrogen-bond acceptors (Lipinski definition) is 6. The van der Waals surface area contributed by atoms with Crippen LogP contribution in [0.1, 0.15) is 24.0 Å². The monoisotopic (exact) mass is 494 g/mol. The fourth-order valence-electron chi connectivity index (χ4n) is 4.78. The number of anilines is 1. The van der Waals surface area contributed by atoms with E-state index in [4.69, 9.17) is 14.2 Å². The van der Waals surface area contributed by atoms with E-state index in [0.29, 0.717) is 30.0 Å². The van der Waals surface area contributed by atoms with E-state index in [1.54, 1.807) is 41.7 Å². The number of methoxy groups -OCH3 is 1. The van der Waals surface area contributed by atoms with Crippen LogP contribution in [-0.2, 0) is 16.6 Å². The van der Waals surface area contributed by atoms with Crippen molar-refractivity contribution in [2.45, 2.75) is 37.2 Å². The number of benzene rings is 3. The molecule has 0 N–H and O–H groups in total. The normalized spacial score (nSPS) is 16.3. The third kappa shape index (κ3) is 4.81. The van der Waals surface area contributed by atoms with Crippen molar-refractivity contribution in [1.29, 1.82) is 0 Å². The Labute approximate surface area is 206 Å². The van der Waals surface area contributed by atoms with E-state index < -0.39 is 10.0 Å². The molecule has 0 bridgehead atoms. The second-order valence-electron chi connectivity index (χ2n) is 8.97. The molecule has 3 aromatic rings. The zero-order chi connectivity index (χ0) is 24.4. The Morgan fingerprint density at radius 2 is 1.69 bits per heavy atom. The Balaban J connectivity index is 1.41. The van der Waals surface area contributed by atoms with Gasteiger partial charge in [-0.1, -0.05) is 35.9 Å². The van der Waals surface area contributed by atoms with Crippen LogP contribution in [0.15, 0.2) is 71.6 Å². The highest BCUT2D eigenvalue weighted by Gasteiger charge is 2.35. The quantitative estimate of drug-likeness (QED) is 0.479. The lowest BCUT2D eigenvalue weighted by atomic mass is 10.0. The van der Waals surface area contributed by atoms with Crippen molar-refractivity contribution in [1.82, 2.24) is 4.90 Å². The lowest BCUT2D eigenvalue weighted by Gasteiger charge is -2.39. The van der Waals surface area contributed by atoms with E-state index in [9.17, 15) is 8.42 Å². The van der Waals surface area contributed by atoms with E-state index in [-0.39, 0.29) is 17.7 Å². The highest BCUT2D eigenvalue weighted by Crippen LogP contribution is 2.39. The van der Waals surface area contributed by atoms with Crippen molar-refractivity contribution in [3.05, 3.63) is 77.9 Å². The summed E-state index contributed by atoms with van der Waals surface area (Å²) >= 11 is 0. The molecule has 0 atom stereocenters. The van der Waals surface area contributed by atoms with Gasteiger partial charge in [0.1, 0.15) is 5.75 Å². The van der Waals surface area contributed by atoms with Crippen LogP contribution in [-0.4, -0.2) is 46.4 Å². The summed E-state index contributed by atoms with van der Waals surface area (Å²) < 4.78 is 45.9. The lowest BCUT2D eigenvalue weighted by Crippen LogP contribution is -2.47. The number of piperidine rings is 1. The van der Waals surface area contributed by atoms with Gasteiger partial charge in [-0.3, -0.25) is 9.21 Å². The number of ether oxygens (including phenoxy) is 3. The summed E-state index contributed by atoms with van der Waals surface area (Å²) in [6.07, 6.45) is 1.43. The molecular weight excluding hydrogens is 464 g/mol. The molecule has 0 amide bonds. The molecule has 35 heavy (non-hydrogen) atoms. The standard InChI is InChI=1S/C27H30N2O5S/c1-20-7-10-24(11-8-20)35(30,31)29(23-9-12-26-27(17-23)34-19-33-26)22-13-15-28(16-14-22)18-21-5-3-4-6-25(21)32-2/h3-12,17,22H,13-16,18-19H2,1-2H3. The fourth-order valence-corrected chi connectivity index (χ4v) is 6.48. The first-order valence-electron chi connectivity index (χ1n) is 11.8. The maximum absolute atomic E-state index is 13.9. The summed E-state index contributed by atoms with van der Waals surface area (Å²) in [5.74, 6) is 2.08. The SMILES string of the molecule is COc1ccccc1CN1CCC(N(c2ccc3c(c2)OCO3)S(=O)(=O)c2ccc(C)cc2)CC1. The average Bonchev–Trinajstić information content (AvgIpc) is 3.34. The number of aryl methyl sites for hydroxylation is 1. The Kier molecular flexibility index (Phi) is 6.58. The molecule has 2 aliphatic rings. The molecule has 1 fully saturated rings. The highest BCUT2D eigenvalue weighted by atomic mass is 32.2. The third-order valence-corrected chi connectivity index (χ3v) is 8.56. The Hall–Kier alpha value is -3.23. The minimum Gasteiger partial charge on any atom is -0.496 e. The van der Waals surface area contributed by atoms with Crippen molar-refractivity contribution in [3.8, 4) is 17.2 Å². The van der Waals surface area contributed by atoms with Crippen LogP contribution in [0.5, 0.6) is 17.2 Å². The molecule has 8 heteroatoms. The summed E-state index contributed by atoms with van der Waals surface area (Å²) in [7, 11) is -2.09. The molecule has 2 heterocycles. The summed E-state index contributed by atoms with van der Waals surface area (Å²) in [4.78, 5) is 2.64. The van der Waals surface area contributed by atoms with Crippen LogP contribution in [0.25, 0.3) is 0 Å². The smallest absolute Gasteiger partial charge is 0.264 e. The van der Waals surface area contributed by atoms with E-state index in [0.717, 1.165) is 36.5 Å². The van der Waals surface area contributed by atoms with E-state index in [2.05, 4.69) is 11.0 Å². The predicted octanol–water partition coefficient (Wildman–Crippen LogP) is 4.59. The number of hydrogen-bond donors (Lipinski definition) is 0. The van der Waals surface area contributed by atoms with Crippen LogP contribution in [0.3, 0.4) is 0 Å². The molecule has 184 valence electrons. The van der Waals surface area contributed by atoms with Gasteiger partial charge in [-0.15, -0.1) is 0 Å². The second kappa shape index (κ2) is 9.79. The number of likely N-dealkylation sites (tertiary alicyclic amines) is 1. The molecule has 2 aliphatic heterocycles. The molecule has 3 aromatic carbocycles. The molecule has 7 nitrogen and oxygen atoms in total. The summed E-state index contributed by atoms with van der Waals surface area (Å²) in [5.41, 5.74) is 2.74.